The van der Waals surface area contributed by atoms with Crippen LogP contribution in [0.2, 0.25) is 5.02 Å². The average molecular weight is 262 g/mol. The standard InChI is InChI=1S/C15H16ClNO/c16-14-7-5-11(6-8-14)15(18)17-9-12-3-1-2-4-13(12)10-17/h1-2,5-8,12-13H,3-4,9-10H2. The predicted octanol–water partition coefficient (Wildman–Crippen LogP) is 3.38. The van der Waals surface area contributed by atoms with Crippen LogP contribution < -0.4 is 0 Å². The van der Waals surface area contributed by atoms with E-state index in [1.54, 1.807) is 12.1 Å². The first-order valence-electron chi connectivity index (χ1n) is 6.44. The average Bonchev–Trinajstić information content (AvgIpc) is 2.82. The number of hydrogen-bond donors (Lipinski definition) is 0. The van der Waals surface area contributed by atoms with E-state index in [0.29, 0.717) is 16.9 Å². The molecule has 2 unspecified atom stereocenters. The molecule has 0 radical (unpaired) electrons. The molecule has 2 aliphatic rings. The second kappa shape index (κ2) is 4.77. The van der Waals surface area contributed by atoms with Gasteiger partial charge in [-0.15, -0.1) is 0 Å². The summed E-state index contributed by atoms with van der Waals surface area (Å²) < 4.78 is 0. The molecule has 1 aromatic rings. The van der Waals surface area contributed by atoms with E-state index in [-0.39, 0.29) is 5.91 Å². The molecule has 1 aromatic carbocycles. The summed E-state index contributed by atoms with van der Waals surface area (Å²) in [6.45, 7) is 1.80. The summed E-state index contributed by atoms with van der Waals surface area (Å²) in [4.78, 5) is 14.4. The number of allylic oxidation sites excluding steroid dienone is 2. The first-order valence-corrected chi connectivity index (χ1v) is 6.81. The molecule has 0 spiro atoms. The second-order valence-electron chi connectivity index (χ2n) is 5.18. The number of carbonyl (C=O) groups excluding carboxylic acids is 1. The van der Waals surface area contributed by atoms with Gasteiger partial charge in [0.1, 0.15) is 0 Å². The number of benzene rings is 1. The SMILES string of the molecule is O=C(c1ccc(Cl)cc1)N1CC2CC=CCC2C1. The minimum absolute atomic E-state index is 0.140. The summed E-state index contributed by atoms with van der Waals surface area (Å²) in [6, 6.07) is 7.18. The number of rotatable bonds is 1. The van der Waals surface area contributed by atoms with Crippen molar-refractivity contribution >= 4 is 17.5 Å². The smallest absolute Gasteiger partial charge is 0.253 e. The third-order valence-electron chi connectivity index (χ3n) is 4.00. The zero-order chi connectivity index (χ0) is 12.5. The second-order valence-corrected chi connectivity index (χ2v) is 5.62. The van der Waals surface area contributed by atoms with Crippen molar-refractivity contribution in [1.82, 2.24) is 4.90 Å². The lowest BCUT2D eigenvalue weighted by Gasteiger charge is -2.17. The van der Waals surface area contributed by atoms with Crippen LogP contribution in [0.4, 0.5) is 0 Å². The van der Waals surface area contributed by atoms with Gasteiger partial charge in [-0.1, -0.05) is 23.8 Å². The van der Waals surface area contributed by atoms with Crippen LogP contribution in [-0.2, 0) is 0 Å². The number of carbonyl (C=O) groups is 1. The lowest BCUT2D eigenvalue weighted by molar-refractivity contribution is 0.0784. The molecular weight excluding hydrogens is 246 g/mol. The first kappa shape index (κ1) is 11.8. The summed E-state index contributed by atoms with van der Waals surface area (Å²) in [5.41, 5.74) is 0.742. The Balaban J connectivity index is 1.73. The lowest BCUT2D eigenvalue weighted by Crippen LogP contribution is -2.28. The normalized spacial score (nSPS) is 26.2. The summed E-state index contributed by atoms with van der Waals surface area (Å²) in [7, 11) is 0. The van der Waals surface area contributed by atoms with E-state index < -0.39 is 0 Å². The van der Waals surface area contributed by atoms with Crippen molar-refractivity contribution in [1.29, 1.82) is 0 Å². The highest BCUT2D eigenvalue weighted by atomic mass is 35.5. The Morgan fingerprint density at radius 3 is 2.17 bits per heavy atom. The quantitative estimate of drug-likeness (QED) is 0.710. The Bertz CT molecular complexity index is 464. The van der Waals surface area contributed by atoms with Gasteiger partial charge < -0.3 is 4.90 Å². The molecule has 2 atom stereocenters. The zero-order valence-corrected chi connectivity index (χ0v) is 10.9. The maximum atomic E-state index is 12.4. The number of fused-ring (bicyclic) bond motifs is 1. The molecule has 3 heteroatoms. The highest BCUT2D eigenvalue weighted by Gasteiger charge is 2.35. The largest absolute Gasteiger partial charge is 0.338 e. The molecule has 1 heterocycles. The van der Waals surface area contributed by atoms with Gasteiger partial charge in [0.25, 0.3) is 5.91 Å². The van der Waals surface area contributed by atoms with E-state index >= 15 is 0 Å². The van der Waals surface area contributed by atoms with Gasteiger partial charge in [0.2, 0.25) is 0 Å². The third kappa shape index (κ3) is 2.17. The molecular formula is C15H16ClNO. The number of halogens is 1. The van der Waals surface area contributed by atoms with Gasteiger partial charge in [-0.3, -0.25) is 4.79 Å². The maximum Gasteiger partial charge on any atom is 0.253 e. The number of nitrogens with zero attached hydrogens (tertiary/aromatic N) is 1. The van der Waals surface area contributed by atoms with Crippen LogP contribution in [0.5, 0.6) is 0 Å². The van der Waals surface area contributed by atoms with Crippen LogP contribution in [0.1, 0.15) is 23.2 Å². The Labute approximate surface area is 112 Å². The Morgan fingerprint density at radius 1 is 1.06 bits per heavy atom. The predicted molar refractivity (Wildman–Crippen MR) is 72.7 cm³/mol. The fourth-order valence-corrected chi connectivity index (χ4v) is 3.08. The Morgan fingerprint density at radius 2 is 1.61 bits per heavy atom. The number of amides is 1. The minimum Gasteiger partial charge on any atom is -0.338 e. The van der Waals surface area contributed by atoms with Crippen LogP contribution in [0, 0.1) is 11.8 Å². The summed E-state index contributed by atoms with van der Waals surface area (Å²) in [5.74, 6) is 1.46. The summed E-state index contributed by atoms with van der Waals surface area (Å²) in [5, 5.41) is 0.672. The Hall–Kier alpha value is -1.28. The van der Waals surface area contributed by atoms with Gasteiger partial charge in [0.05, 0.1) is 0 Å². The van der Waals surface area contributed by atoms with Crippen LogP contribution in [0.3, 0.4) is 0 Å². The third-order valence-corrected chi connectivity index (χ3v) is 4.25. The molecule has 1 saturated heterocycles. The van der Waals surface area contributed by atoms with Crippen molar-refractivity contribution in [2.24, 2.45) is 11.8 Å². The van der Waals surface area contributed by atoms with Crippen molar-refractivity contribution < 1.29 is 4.79 Å². The topological polar surface area (TPSA) is 20.3 Å². The molecule has 0 saturated carbocycles. The number of hydrogen-bond acceptors (Lipinski definition) is 1. The zero-order valence-electron chi connectivity index (χ0n) is 10.2. The van der Waals surface area contributed by atoms with Crippen LogP contribution in [-0.4, -0.2) is 23.9 Å². The lowest BCUT2D eigenvalue weighted by atomic mass is 9.86. The van der Waals surface area contributed by atoms with Crippen molar-refractivity contribution in [3.8, 4) is 0 Å². The molecule has 1 aliphatic carbocycles. The van der Waals surface area contributed by atoms with E-state index in [1.807, 2.05) is 17.0 Å². The van der Waals surface area contributed by atoms with E-state index in [4.69, 9.17) is 11.6 Å². The molecule has 3 rings (SSSR count). The molecule has 18 heavy (non-hydrogen) atoms. The molecule has 1 amide bonds. The highest BCUT2D eigenvalue weighted by molar-refractivity contribution is 6.30. The van der Waals surface area contributed by atoms with Gasteiger partial charge in [-0.25, -0.2) is 0 Å². The van der Waals surface area contributed by atoms with Crippen LogP contribution in [0.15, 0.2) is 36.4 Å². The van der Waals surface area contributed by atoms with Gasteiger partial charge in [0, 0.05) is 23.7 Å². The maximum absolute atomic E-state index is 12.4. The van der Waals surface area contributed by atoms with Gasteiger partial charge in [-0.05, 0) is 48.9 Å². The van der Waals surface area contributed by atoms with E-state index in [1.165, 1.54) is 0 Å². The molecule has 2 nitrogen and oxygen atoms in total. The van der Waals surface area contributed by atoms with Gasteiger partial charge in [-0.2, -0.15) is 0 Å². The molecule has 94 valence electrons. The van der Waals surface area contributed by atoms with Crippen molar-refractivity contribution in [3.63, 3.8) is 0 Å². The van der Waals surface area contributed by atoms with E-state index in [0.717, 1.165) is 31.5 Å². The van der Waals surface area contributed by atoms with Crippen molar-refractivity contribution in [2.45, 2.75) is 12.8 Å². The summed E-state index contributed by atoms with van der Waals surface area (Å²) >= 11 is 5.84. The highest BCUT2D eigenvalue weighted by Crippen LogP contribution is 2.33. The van der Waals surface area contributed by atoms with E-state index in [9.17, 15) is 4.79 Å². The summed E-state index contributed by atoms with van der Waals surface area (Å²) in [6.07, 6.45) is 6.74. The Kier molecular flexibility index (Phi) is 3.13. The van der Waals surface area contributed by atoms with Crippen molar-refractivity contribution in [3.05, 3.63) is 47.0 Å². The molecule has 0 bridgehead atoms. The molecule has 0 N–H and O–H groups in total. The molecule has 1 fully saturated rings. The monoisotopic (exact) mass is 261 g/mol. The van der Waals surface area contributed by atoms with Crippen LogP contribution >= 0.6 is 11.6 Å². The fourth-order valence-electron chi connectivity index (χ4n) is 2.96. The molecule has 0 aromatic heterocycles. The van der Waals surface area contributed by atoms with Crippen molar-refractivity contribution in [2.75, 3.05) is 13.1 Å². The van der Waals surface area contributed by atoms with E-state index in [2.05, 4.69) is 12.2 Å². The van der Waals surface area contributed by atoms with Gasteiger partial charge >= 0.3 is 0 Å². The number of likely N-dealkylation sites (tertiary alicyclic amines) is 1. The first-order chi connectivity index (χ1) is 8.74. The minimum atomic E-state index is 0.140. The fraction of sp³-hybridized carbons (Fsp3) is 0.400. The molecule has 1 aliphatic heterocycles. The van der Waals surface area contributed by atoms with Crippen LogP contribution in [0.25, 0.3) is 0 Å². The van der Waals surface area contributed by atoms with Gasteiger partial charge in [0.15, 0.2) is 0 Å².